The lowest BCUT2D eigenvalue weighted by molar-refractivity contribution is 0.204. The molecule has 112 valence electrons. The molecular formula is C19H26N2. The maximum Gasteiger partial charge on any atom is 0.0346 e. The van der Waals surface area contributed by atoms with Crippen molar-refractivity contribution in [1.29, 1.82) is 0 Å². The fourth-order valence-corrected chi connectivity index (χ4v) is 3.86. The highest BCUT2D eigenvalue weighted by Gasteiger charge is 2.28. The van der Waals surface area contributed by atoms with Gasteiger partial charge in [0, 0.05) is 23.8 Å². The number of hydrogen-bond acceptors (Lipinski definition) is 2. The standard InChI is InChI=1S/C19H26N2/c1-13(2)14-6-8-15(9-7-14)19(20)18-5-3-4-16-12-21-11-10-17(16)18/h3-5,10-15,19H,6-9,20H2,1-2H3. The van der Waals surface area contributed by atoms with E-state index in [4.69, 9.17) is 5.73 Å². The molecule has 1 heterocycles. The van der Waals surface area contributed by atoms with Gasteiger partial charge in [-0.25, -0.2) is 0 Å². The quantitative estimate of drug-likeness (QED) is 0.886. The largest absolute Gasteiger partial charge is 0.324 e. The van der Waals surface area contributed by atoms with Gasteiger partial charge in [-0.3, -0.25) is 4.98 Å². The smallest absolute Gasteiger partial charge is 0.0346 e. The summed E-state index contributed by atoms with van der Waals surface area (Å²) in [5, 5.41) is 2.47. The SMILES string of the molecule is CC(C)C1CCC(C(N)c2cccc3cnccc23)CC1. The lowest BCUT2D eigenvalue weighted by Gasteiger charge is -2.34. The average Bonchev–Trinajstić information content (AvgIpc) is 2.53. The van der Waals surface area contributed by atoms with E-state index < -0.39 is 0 Å². The monoisotopic (exact) mass is 282 g/mol. The first-order valence-corrected chi connectivity index (χ1v) is 8.25. The summed E-state index contributed by atoms with van der Waals surface area (Å²) in [6.07, 6.45) is 9.01. The molecule has 1 aromatic heterocycles. The second-order valence-corrected chi connectivity index (χ2v) is 6.89. The molecule has 21 heavy (non-hydrogen) atoms. The van der Waals surface area contributed by atoms with Crippen molar-refractivity contribution in [2.45, 2.75) is 45.6 Å². The van der Waals surface area contributed by atoms with Gasteiger partial charge in [-0.15, -0.1) is 0 Å². The van der Waals surface area contributed by atoms with Crippen LogP contribution in [0.5, 0.6) is 0 Å². The first kappa shape index (κ1) is 14.5. The zero-order chi connectivity index (χ0) is 14.8. The molecule has 2 nitrogen and oxygen atoms in total. The van der Waals surface area contributed by atoms with E-state index in [1.807, 2.05) is 12.4 Å². The van der Waals surface area contributed by atoms with Gasteiger partial charge in [-0.05, 0) is 60.5 Å². The van der Waals surface area contributed by atoms with Crippen LogP contribution < -0.4 is 5.73 Å². The third kappa shape index (κ3) is 2.96. The van der Waals surface area contributed by atoms with Gasteiger partial charge in [-0.1, -0.05) is 32.0 Å². The van der Waals surface area contributed by atoms with Gasteiger partial charge in [0.15, 0.2) is 0 Å². The number of rotatable bonds is 3. The highest BCUT2D eigenvalue weighted by molar-refractivity contribution is 5.85. The Hall–Kier alpha value is -1.41. The van der Waals surface area contributed by atoms with E-state index in [0.29, 0.717) is 5.92 Å². The second kappa shape index (κ2) is 6.15. The molecule has 1 saturated carbocycles. The minimum absolute atomic E-state index is 0.157. The number of hydrogen-bond donors (Lipinski definition) is 1. The van der Waals surface area contributed by atoms with E-state index >= 15 is 0 Å². The van der Waals surface area contributed by atoms with Gasteiger partial charge in [0.2, 0.25) is 0 Å². The normalized spacial score (nSPS) is 24.4. The molecule has 1 unspecified atom stereocenters. The van der Waals surface area contributed by atoms with Crippen molar-refractivity contribution in [3.05, 3.63) is 42.2 Å². The van der Waals surface area contributed by atoms with Crippen molar-refractivity contribution in [3.8, 4) is 0 Å². The Labute approximate surface area is 127 Å². The molecule has 0 saturated heterocycles. The van der Waals surface area contributed by atoms with E-state index in [2.05, 4.69) is 43.1 Å². The molecule has 2 heteroatoms. The molecule has 0 spiro atoms. The maximum atomic E-state index is 6.64. The van der Waals surface area contributed by atoms with Crippen LogP contribution in [0, 0.1) is 17.8 Å². The summed E-state index contributed by atoms with van der Waals surface area (Å²) >= 11 is 0. The topological polar surface area (TPSA) is 38.9 Å². The minimum Gasteiger partial charge on any atom is -0.324 e. The number of pyridine rings is 1. The van der Waals surface area contributed by atoms with Crippen LogP contribution in [0.25, 0.3) is 10.8 Å². The number of benzene rings is 1. The zero-order valence-corrected chi connectivity index (χ0v) is 13.1. The summed E-state index contributed by atoms with van der Waals surface area (Å²) in [6, 6.07) is 8.68. The Morgan fingerprint density at radius 2 is 1.76 bits per heavy atom. The summed E-state index contributed by atoms with van der Waals surface area (Å²) in [5.41, 5.74) is 7.93. The summed E-state index contributed by atoms with van der Waals surface area (Å²) in [4.78, 5) is 4.21. The molecule has 0 bridgehead atoms. The molecule has 1 aliphatic rings. The van der Waals surface area contributed by atoms with Crippen LogP contribution in [0.1, 0.15) is 51.1 Å². The van der Waals surface area contributed by atoms with Crippen molar-refractivity contribution >= 4 is 10.8 Å². The van der Waals surface area contributed by atoms with Crippen LogP contribution in [0.15, 0.2) is 36.7 Å². The van der Waals surface area contributed by atoms with Crippen molar-refractivity contribution < 1.29 is 0 Å². The highest BCUT2D eigenvalue weighted by Crippen LogP contribution is 2.39. The van der Waals surface area contributed by atoms with Crippen molar-refractivity contribution in [2.75, 3.05) is 0 Å². The number of nitrogens with zero attached hydrogens (tertiary/aromatic N) is 1. The van der Waals surface area contributed by atoms with Crippen LogP contribution in [-0.4, -0.2) is 4.98 Å². The predicted molar refractivity (Wildman–Crippen MR) is 89.0 cm³/mol. The molecule has 1 atom stereocenters. The van der Waals surface area contributed by atoms with Crippen molar-refractivity contribution in [2.24, 2.45) is 23.5 Å². The minimum atomic E-state index is 0.157. The number of fused-ring (bicyclic) bond motifs is 1. The van der Waals surface area contributed by atoms with Gasteiger partial charge in [0.05, 0.1) is 0 Å². The zero-order valence-electron chi connectivity index (χ0n) is 13.1. The van der Waals surface area contributed by atoms with Crippen LogP contribution in [0.2, 0.25) is 0 Å². The molecule has 1 fully saturated rings. The lowest BCUT2D eigenvalue weighted by atomic mass is 9.73. The van der Waals surface area contributed by atoms with E-state index in [1.165, 1.54) is 42.0 Å². The Morgan fingerprint density at radius 1 is 1.05 bits per heavy atom. The highest BCUT2D eigenvalue weighted by atomic mass is 14.7. The second-order valence-electron chi connectivity index (χ2n) is 6.89. The molecule has 2 N–H and O–H groups in total. The fourth-order valence-electron chi connectivity index (χ4n) is 3.86. The van der Waals surface area contributed by atoms with E-state index in [9.17, 15) is 0 Å². The van der Waals surface area contributed by atoms with Crippen LogP contribution in [0.4, 0.5) is 0 Å². The van der Waals surface area contributed by atoms with Gasteiger partial charge in [0.25, 0.3) is 0 Å². The van der Waals surface area contributed by atoms with E-state index in [1.54, 1.807) is 0 Å². The summed E-state index contributed by atoms with van der Waals surface area (Å²) in [6.45, 7) is 4.70. The Kier molecular flexibility index (Phi) is 4.25. The van der Waals surface area contributed by atoms with E-state index in [0.717, 1.165) is 11.8 Å². The molecule has 1 aliphatic carbocycles. The van der Waals surface area contributed by atoms with Gasteiger partial charge >= 0.3 is 0 Å². The Bertz CT molecular complexity index is 592. The third-order valence-corrected chi connectivity index (χ3v) is 5.34. The first-order chi connectivity index (χ1) is 10.2. The molecule has 0 aliphatic heterocycles. The van der Waals surface area contributed by atoms with Gasteiger partial charge in [-0.2, -0.15) is 0 Å². The third-order valence-electron chi connectivity index (χ3n) is 5.34. The summed E-state index contributed by atoms with van der Waals surface area (Å²) in [7, 11) is 0. The lowest BCUT2D eigenvalue weighted by Crippen LogP contribution is -2.27. The fraction of sp³-hybridized carbons (Fsp3) is 0.526. The molecule has 3 rings (SSSR count). The summed E-state index contributed by atoms with van der Waals surface area (Å²) in [5.74, 6) is 2.33. The van der Waals surface area contributed by atoms with Crippen LogP contribution in [-0.2, 0) is 0 Å². The number of aromatic nitrogens is 1. The molecule has 1 aromatic carbocycles. The van der Waals surface area contributed by atoms with Crippen molar-refractivity contribution in [1.82, 2.24) is 4.98 Å². The first-order valence-electron chi connectivity index (χ1n) is 8.25. The van der Waals surface area contributed by atoms with Crippen LogP contribution in [0.3, 0.4) is 0 Å². The van der Waals surface area contributed by atoms with E-state index in [-0.39, 0.29) is 6.04 Å². The molecule has 0 amide bonds. The summed E-state index contributed by atoms with van der Waals surface area (Å²) < 4.78 is 0. The Morgan fingerprint density at radius 3 is 2.48 bits per heavy atom. The Balaban J connectivity index is 1.80. The maximum absolute atomic E-state index is 6.64. The molecular weight excluding hydrogens is 256 g/mol. The van der Waals surface area contributed by atoms with Gasteiger partial charge in [0.1, 0.15) is 0 Å². The van der Waals surface area contributed by atoms with Crippen molar-refractivity contribution in [3.63, 3.8) is 0 Å². The van der Waals surface area contributed by atoms with Crippen LogP contribution >= 0.6 is 0 Å². The molecule has 2 aromatic rings. The number of nitrogens with two attached hydrogens (primary N) is 1. The average molecular weight is 282 g/mol. The van der Waals surface area contributed by atoms with Gasteiger partial charge < -0.3 is 5.73 Å². The predicted octanol–water partition coefficient (Wildman–Crippen LogP) is 4.70. The molecule has 0 radical (unpaired) electrons.